The molecule has 2 N–H and O–H groups in total. The second-order valence-corrected chi connectivity index (χ2v) is 2.38. The third kappa shape index (κ3) is 1.77. The van der Waals surface area contributed by atoms with Crippen LogP contribution in [0.5, 0.6) is 0 Å². The Morgan fingerprint density at radius 1 is 1.67 bits per heavy atom. The van der Waals surface area contributed by atoms with Crippen molar-refractivity contribution in [1.82, 2.24) is 0 Å². The highest BCUT2D eigenvalue weighted by Gasteiger charge is 2.31. The van der Waals surface area contributed by atoms with Gasteiger partial charge in [-0.1, -0.05) is 0 Å². The Balaban J connectivity index is 4.19. The summed E-state index contributed by atoms with van der Waals surface area (Å²) in [5.74, 6) is -0.419. The standard InChI is InChI=1S/C6H12O3/c1-4(7)6(3,9)5(2)8/h4,7,9H,1-3H3/t4-,6-/m1/s1. The van der Waals surface area contributed by atoms with Crippen LogP contribution in [0.15, 0.2) is 0 Å². The van der Waals surface area contributed by atoms with Crippen molar-refractivity contribution in [3.05, 3.63) is 0 Å². The summed E-state index contributed by atoms with van der Waals surface area (Å²) in [5, 5.41) is 17.8. The lowest BCUT2D eigenvalue weighted by molar-refractivity contribution is -0.143. The normalized spacial score (nSPS) is 20.6. The fourth-order valence-electron chi connectivity index (χ4n) is 0.294. The van der Waals surface area contributed by atoms with Gasteiger partial charge in [0.1, 0.15) is 5.60 Å². The quantitative estimate of drug-likeness (QED) is 0.542. The number of aliphatic hydroxyl groups excluding tert-OH is 1. The van der Waals surface area contributed by atoms with E-state index in [0.717, 1.165) is 0 Å². The van der Waals surface area contributed by atoms with Gasteiger partial charge in [-0.3, -0.25) is 4.79 Å². The molecule has 0 aliphatic heterocycles. The molecule has 9 heavy (non-hydrogen) atoms. The summed E-state index contributed by atoms with van der Waals surface area (Å²) in [6, 6.07) is 0. The number of Topliss-reactive ketones (excluding diaryl/α,β-unsaturated/α-hetero) is 1. The van der Waals surface area contributed by atoms with E-state index in [2.05, 4.69) is 0 Å². The second-order valence-electron chi connectivity index (χ2n) is 2.38. The van der Waals surface area contributed by atoms with E-state index in [1.165, 1.54) is 20.8 Å². The molecule has 0 saturated carbocycles. The molecule has 0 unspecified atom stereocenters. The van der Waals surface area contributed by atoms with Crippen LogP contribution in [-0.2, 0) is 4.79 Å². The number of rotatable bonds is 2. The molecule has 3 heteroatoms. The van der Waals surface area contributed by atoms with Gasteiger partial charge in [0.05, 0.1) is 6.10 Å². The van der Waals surface area contributed by atoms with Crippen LogP contribution in [0.4, 0.5) is 0 Å². The highest BCUT2D eigenvalue weighted by molar-refractivity contribution is 5.84. The number of hydrogen-bond acceptors (Lipinski definition) is 3. The van der Waals surface area contributed by atoms with Gasteiger partial charge in [-0.15, -0.1) is 0 Å². The zero-order valence-electron chi connectivity index (χ0n) is 5.88. The molecular weight excluding hydrogens is 120 g/mol. The first kappa shape index (κ1) is 8.59. The summed E-state index contributed by atoms with van der Waals surface area (Å²) in [7, 11) is 0. The van der Waals surface area contributed by atoms with Gasteiger partial charge in [0.25, 0.3) is 0 Å². The van der Waals surface area contributed by atoms with E-state index in [1.807, 2.05) is 0 Å². The van der Waals surface area contributed by atoms with E-state index < -0.39 is 17.5 Å². The van der Waals surface area contributed by atoms with E-state index in [4.69, 9.17) is 10.2 Å². The molecule has 0 rings (SSSR count). The monoisotopic (exact) mass is 132 g/mol. The molecule has 0 amide bonds. The highest BCUT2D eigenvalue weighted by Crippen LogP contribution is 2.09. The number of ketones is 1. The lowest BCUT2D eigenvalue weighted by atomic mass is 9.96. The van der Waals surface area contributed by atoms with Gasteiger partial charge in [-0.2, -0.15) is 0 Å². The van der Waals surface area contributed by atoms with Gasteiger partial charge in [-0.05, 0) is 20.8 Å². The first-order valence-corrected chi connectivity index (χ1v) is 2.80. The Hall–Kier alpha value is -0.410. The van der Waals surface area contributed by atoms with Gasteiger partial charge in [-0.25, -0.2) is 0 Å². The number of carbonyl (C=O) groups is 1. The molecule has 0 saturated heterocycles. The lowest BCUT2D eigenvalue weighted by Crippen LogP contribution is -2.43. The maximum absolute atomic E-state index is 10.5. The Bertz CT molecular complexity index is 115. The van der Waals surface area contributed by atoms with Gasteiger partial charge < -0.3 is 10.2 Å². The van der Waals surface area contributed by atoms with E-state index in [-0.39, 0.29) is 0 Å². The molecule has 0 aliphatic carbocycles. The molecule has 0 radical (unpaired) electrons. The van der Waals surface area contributed by atoms with E-state index in [9.17, 15) is 4.79 Å². The van der Waals surface area contributed by atoms with Crippen LogP contribution in [-0.4, -0.2) is 27.7 Å². The first-order valence-electron chi connectivity index (χ1n) is 2.80. The molecule has 0 spiro atoms. The maximum Gasteiger partial charge on any atom is 0.163 e. The average molecular weight is 132 g/mol. The van der Waals surface area contributed by atoms with Crippen molar-refractivity contribution in [1.29, 1.82) is 0 Å². The van der Waals surface area contributed by atoms with Crippen molar-refractivity contribution in [2.45, 2.75) is 32.5 Å². The van der Waals surface area contributed by atoms with Crippen molar-refractivity contribution in [2.24, 2.45) is 0 Å². The van der Waals surface area contributed by atoms with Crippen molar-refractivity contribution in [3.8, 4) is 0 Å². The minimum atomic E-state index is -1.58. The molecule has 0 aromatic carbocycles. The molecule has 2 atom stereocenters. The fraction of sp³-hybridized carbons (Fsp3) is 0.833. The average Bonchev–Trinajstić information content (AvgIpc) is 1.65. The molecule has 0 aliphatic rings. The summed E-state index contributed by atoms with van der Waals surface area (Å²) >= 11 is 0. The molecule has 0 aromatic rings. The van der Waals surface area contributed by atoms with Crippen LogP contribution < -0.4 is 0 Å². The van der Waals surface area contributed by atoms with Crippen LogP contribution in [0, 0.1) is 0 Å². The van der Waals surface area contributed by atoms with Gasteiger partial charge in [0.15, 0.2) is 5.78 Å². The second kappa shape index (κ2) is 2.45. The largest absolute Gasteiger partial charge is 0.390 e. The summed E-state index contributed by atoms with van der Waals surface area (Å²) in [6.07, 6.45) is -1.00. The van der Waals surface area contributed by atoms with Gasteiger partial charge in [0.2, 0.25) is 0 Å². The van der Waals surface area contributed by atoms with Crippen LogP contribution >= 0.6 is 0 Å². The molecule has 3 nitrogen and oxygen atoms in total. The predicted molar refractivity (Wildman–Crippen MR) is 33.0 cm³/mol. The Labute approximate surface area is 54.3 Å². The summed E-state index contributed by atoms with van der Waals surface area (Å²) in [5.41, 5.74) is -1.58. The summed E-state index contributed by atoms with van der Waals surface area (Å²) < 4.78 is 0. The third-order valence-electron chi connectivity index (χ3n) is 1.53. The minimum absolute atomic E-state index is 0.419. The Morgan fingerprint density at radius 3 is 2.00 bits per heavy atom. The van der Waals surface area contributed by atoms with E-state index in [1.54, 1.807) is 0 Å². The van der Waals surface area contributed by atoms with Crippen LogP contribution in [0.2, 0.25) is 0 Å². The van der Waals surface area contributed by atoms with Crippen molar-refractivity contribution < 1.29 is 15.0 Å². The highest BCUT2D eigenvalue weighted by atomic mass is 16.3. The zero-order chi connectivity index (χ0) is 7.65. The molecule has 0 bridgehead atoms. The fourth-order valence-corrected chi connectivity index (χ4v) is 0.294. The SMILES string of the molecule is CC(=O)[C@](C)(O)[C@@H](C)O. The summed E-state index contributed by atoms with van der Waals surface area (Å²) in [6.45, 7) is 3.91. The maximum atomic E-state index is 10.5. The Kier molecular flexibility index (Phi) is 2.34. The zero-order valence-corrected chi connectivity index (χ0v) is 5.88. The van der Waals surface area contributed by atoms with Crippen LogP contribution in [0.3, 0.4) is 0 Å². The van der Waals surface area contributed by atoms with Crippen molar-refractivity contribution in [3.63, 3.8) is 0 Å². The van der Waals surface area contributed by atoms with E-state index >= 15 is 0 Å². The van der Waals surface area contributed by atoms with Crippen LogP contribution in [0.25, 0.3) is 0 Å². The molecule has 54 valence electrons. The summed E-state index contributed by atoms with van der Waals surface area (Å²) in [4.78, 5) is 10.5. The molecule has 0 fully saturated rings. The first-order chi connectivity index (χ1) is 3.89. The predicted octanol–water partition coefficient (Wildman–Crippen LogP) is -0.293. The van der Waals surface area contributed by atoms with Crippen molar-refractivity contribution in [2.75, 3.05) is 0 Å². The molecule has 0 heterocycles. The lowest BCUT2D eigenvalue weighted by Gasteiger charge is -2.22. The van der Waals surface area contributed by atoms with Gasteiger partial charge >= 0.3 is 0 Å². The molecule has 0 aromatic heterocycles. The Morgan fingerprint density at radius 2 is 2.00 bits per heavy atom. The third-order valence-corrected chi connectivity index (χ3v) is 1.53. The number of aliphatic hydroxyl groups is 2. The van der Waals surface area contributed by atoms with Gasteiger partial charge in [0, 0.05) is 0 Å². The van der Waals surface area contributed by atoms with E-state index in [0.29, 0.717) is 0 Å². The number of hydrogen-bond donors (Lipinski definition) is 2. The smallest absolute Gasteiger partial charge is 0.163 e. The van der Waals surface area contributed by atoms with Crippen LogP contribution in [0.1, 0.15) is 20.8 Å². The minimum Gasteiger partial charge on any atom is -0.390 e. The number of carbonyl (C=O) groups excluding carboxylic acids is 1. The topological polar surface area (TPSA) is 57.5 Å². The van der Waals surface area contributed by atoms with Crippen molar-refractivity contribution >= 4 is 5.78 Å². The molecular formula is C6H12O3.